The molecule has 0 saturated heterocycles. The molecule has 206 valence electrons. The molecule has 1 aliphatic rings. The third kappa shape index (κ3) is 5.78. The summed E-state index contributed by atoms with van der Waals surface area (Å²) >= 11 is 6.08. The first-order valence-corrected chi connectivity index (χ1v) is 13.6. The summed E-state index contributed by atoms with van der Waals surface area (Å²) in [5.41, 5.74) is 3.62. The van der Waals surface area contributed by atoms with Gasteiger partial charge < -0.3 is 20.3 Å². The highest BCUT2D eigenvalue weighted by Crippen LogP contribution is 2.39. The van der Waals surface area contributed by atoms with Crippen molar-refractivity contribution in [3.05, 3.63) is 88.6 Å². The normalized spacial score (nSPS) is 17.6. The number of nitrogens with one attached hydrogen (secondary N) is 1. The second-order valence-electron chi connectivity index (χ2n) is 10.5. The minimum Gasteiger partial charge on any atom is -0.485 e. The van der Waals surface area contributed by atoms with E-state index in [2.05, 4.69) is 5.32 Å². The summed E-state index contributed by atoms with van der Waals surface area (Å²) in [6, 6.07) is 19.1. The van der Waals surface area contributed by atoms with Gasteiger partial charge in [0.05, 0.1) is 28.5 Å². The second kappa shape index (κ2) is 11.2. The minimum absolute atomic E-state index is 0.0829. The van der Waals surface area contributed by atoms with E-state index in [1.165, 1.54) is 0 Å². The van der Waals surface area contributed by atoms with E-state index in [9.17, 15) is 14.7 Å². The van der Waals surface area contributed by atoms with Gasteiger partial charge in [0.1, 0.15) is 17.5 Å². The number of aliphatic carboxylic acids is 1. The lowest BCUT2D eigenvalue weighted by Crippen LogP contribution is -2.53. The van der Waals surface area contributed by atoms with Gasteiger partial charge in [-0.05, 0) is 69.5 Å². The zero-order valence-electron chi connectivity index (χ0n) is 22.2. The molecule has 2 unspecified atom stereocenters. The maximum atomic E-state index is 13.4. The monoisotopic (exact) mass is 559 g/mol. The van der Waals surface area contributed by atoms with Gasteiger partial charge in [-0.15, -0.1) is 0 Å². The summed E-state index contributed by atoms with van der Waals surface area (Å²) in [5, 5.41) is 23.6. The molecule has 0 bridgehead atoms. The van der Waals surface area contributed by atoms with Crippen LogP contribution in [0.1, 0.15) is 60.8 Å². The van der Waals surface area contributed by atoms with Gasteiger partial charge in [0.15, 0.2) is 0 Å². The van der Waals surface area contributed by atoms with Crippen LogP contribution in [0.15, 0.2) is 66.7 Å². The highest BCUT2D eigenvalue weighted by Gasteiger charge is 2.43. The molecule has 1 amide bonds. The summed E-state index contributed by atoms with van der Waals surface area (Å²) < 4.78 is 5.97. The Morgan fingerprint density at radius 3 is 2.50 bits per heavy atom. The molecule has 2 heterocycles. The number of carboxylic acids is 1. The molecule has 9 heteroatoms. The average molecular weight is 560 g/mol. The molecule has 5 rings (SSSR count). The van der Waals surface area contributed by atoms with Gasteiger partial charge in [-0.1, -0.05) is 41.9 Å². The first kappa shape index (κ1) is 27.6. The number of hydrogen-bond acceptors (Lipinski definition) is 6. The molecule has 0 aliphatic carbocycles. The van der Waals surface area contributed by atoms with E-state index in [1.54, 1.807) is 44.2 Å². The van der Waals surface area contributed by atoms with Gasteiger partial charge in [0.2, 0.25) is 0 Å². The summed E-state index contributed by atoms with van der Waals surface area (Å²) in [6.07, 6.45) is 0.794. The zero-order valence-corrected chi connectivity index (χ0v) is 23.0. The first-order valence-electron chi connectivity index (χ1n) is 13.2. The van der Waals surface area contributed by atoms with E-state index >= 15 is 0 Å². The van der Waals surface area contributed by atoms with E-state index in [4.69, 9.17) is 31.4 Å². The summed E-state index contributed by atoms with van der Waals surface area (Å²) in [7, 11) is 0. The Kier molecular flexibility index (Phi) is 7.74. The first-order chi connectivity index (χ1) is 19.1. The van der Waals surface area contributed by atoms with Gasteiger partial charge in [0, 0.05) is 28.1 Å². The SMILES string of the molecule is CC1(C)Oc2ccccc2C(NC(=O)c2ccc3nc(-c4ccc(Cl)cc4)c(CCCCC(=O)O)nc3c2)C1O. The third-order valence-electron chi connectivity index (χ3n) is 7.11. The van der Waals surface area contributed by atoms with E-state index < -0.39 is 23.7 Å². The Labute approximate surface area is 237 Å². The van der Waals surface area contributed by atoms with Gasteiger partial charge >= 0.3 is 5.97 Å². The minimum atomic E-state index is -0.967. The number of rotatable bonds is 8. The van der Waals surface area contributed by atoms with Crippen molar-refractivity contribution >= 4 is 34.5 Å². The van der Waals surface area contributed by atoms with Gasteiger partial charge in [-0.25, -0.2) is 9.97 Å². The number of aliphatic hydroxyl groups is 1. The van der Waals surface area contributed by atoms with Crippen LogP contribution in [0.5, 0.6) is 5.75 Å². The fourth-order valence-electron chi connectivity index (χ4n) is 4.94. The number of benzene rings is 3. The molecule has 2 atom stereocenters. The summed E-state index contributed by atoms with van der Waals surface area (Å²) in [5.74, 6) is -0.571. The summed E-state index contributed by atoms with van der Waals surface area (Å²) in [6.45, 7) is 3.57. The van der Waals surface area contributed by atoms with Crippen molar-refractivity contribution in [1.29, 1.82) is 0 Å². The maximum Gasteiger partial charge on any atom is 0.303 e. The van der Waals surface area contributed by atoms with Gasteiger partial charge in [-0.3, -0.25) is 9.59 Å². The number of ether oxygens (including phenoxy) is 1. The lowest BCUT2D eigenvalue weighted by molar-refractivity contribution is -0.137. The Bertz CT molecular complexity index is 1570. The molecule has 3 N–H and O–H groups in total. The van der Waals surface area contributed by atoms with Crippen LogP contribution in [0.3, 0.4) is 0 Å². The lowest BCUT2D eigenvalue weighted by atomic mass is 9.86. The van der Waals surface area contributed by atoms with Crippen LogP contribution in [-0.4, -0.2) is 43.8 Å². The molecular formula is C31H30ClN3O5. The number of aliphatic hydroxyl groups excluding tert-OH is 1. The molecule has 1 aliphatic heterocycles. The fourth-order valence-corrected chi connectivity index (χ4v) is 5.07. The van der Waals surface area contributed by atoms with Crippen molar-refractivity contribution in [2.24, 2.45) is 0 Å². The number of nitrogens with zero attached hydrogens (tertiary/aromatic N) is 2. The van der Waals surface area contributed by atoms with Gasteiger partial charge in [-0.2, -0.15) is 0 Å². The Balaban J connectivity index is 1.46. The van der Waals surface area contributed by atoms with Crippen LogP contribution in [0.4, 0.5) is 0 Å². The van der Waals surface area contributed by atoms with E-state index in [0.29, 0.717) is 63.6 Å². The number of halogens is 1. The molecular weight excluding hydrogens is 530 g/mol. The van der Waals surface area contributed by atoms with Crippen LogP contribution in [0.2, 0.25) is 5.02 Å². The number of carbonyl (C=O) groups excluding carboxylic acids is 1. The van der Waals surface area contributed by atoms with E-state index in [-0.39, 0.29) is 12.3 Å². The number of carboxylic acid groups (broad SMARTS) is 1. The predicted molar refractivity (Wildman–Crippen MR) is 153 cm³/mol. The number of fused-ring (bicyclic) bond motifs is 2. The number of para-hydroxylation sites is 1. The second-order valence-corrected chi connectivity index (χ2v) is 10.9. The van der Waals surface area contributed by atoms with Gasteiger partial charge in [0.25, 0.3) is 5.91 Å². The molecule has 0 radical (unpaired) electrons. The predicted octanol–water partition coefficient (Wildman–Crippen LogP) is 5.75. The van der Waals surface area contributed by atoms with Crippen LogP contribution in [0, 0.1) is 0 Å². The van der Waals surface area contributed by atoms with Crippen LogP contribution in [0.25, 0.3) is 22.3 Å². The number of amides is 1. The van der Waals surface area contributed by atoms with Crippen molar-refractivity contribution in [2.45, 2.75) is 57.3 Å². The highest BCUT2D eigenvalue weighted by molar-refractivity contribution is 6.30. The van der Waals surface area contributed by atoms with Crippen molar-refractivity contribution in [3.63, 3.8) is 0 Å². The third-order valence-corrected chi connectivity index (χ3v) is 7.36. The Morgan fingerprint density at radius 2 is 1.75 bits per heavy atom. The van der Waals surface area contributed by atoms with Crippen LogP contribution in [-0.2, 0) is 11.2 Å². The standard InChI is InChI=1S/C31H30ClN3O5/c1-31(2)29(38)28(21-7-3-5-9-25(21)40-31)35-30(39)19-13-16-22-24(17-19)33-23(8-4-6-10-26(36)37)27(34-22)18-11-14-20(32)15-12-18/h3,5,7,9,11-17,28-29,38H,4,6,8,10H2,1-2H3,(H,35,39)(H,36,37). The van der Waals surface area contributed by atoms with Crippen molar-refractivity contribution in [3.8, 4) is 17.0 Å². The quantitative estimate of drug-likeness (QED) is 0.235. The number of unbranched alkanes of at least 4 members (excludes halogenated alkanes) is 1. The van der Waals surface area contributed by atoms with Crippen molar-refractivity contribution < 1.29 is 24.5 Å². The number of aromatic nitrogens is 2. The highest BCUT2D eigenvalue weighted by atomic mass is 35.5. The van der Waals surface area contributed by atoms with Crippen molar-refractivity contribution in [1.82, 2.24) is 15.3 Å². The molecule has 1 aromatic heterocycles. The van der Waals surface area contributed by atoms with Crippen molar-refractivity contribution in [2.75, 3.05) is 0 Å². The van der Waals surface area contributed by atoms with Crippen LogP contribution < -0.4 is 10.1 Å². The topological polar surface area (TPSA) is 122 Å². The fraction of sp³-hybridized carbons (Fsp3) is 0.290. The van der Waals surface area contributed by atoms with E-state index in [0.717, 1.165) is 5.56 Å². The molecule has 0 fully saturated rings. The molecule has 3 aromatic carbocycles. The molecule has 8 nitrogen and oxygen atoms in total. The molecule has 4 aromatic rings. The Hall–Kier alpha value is -4.01. The Morgan fingerprint density at radius 1 is 1.00 bits per heavy atom. The van der Waals surface area contributed by atoms with E-state index in [1.807, 2.05) is 36.4 Å². The van der Waals surface area contributed by atoms with Crippen LogP contribution >= 0.6 is 11.6 Å². The average Bonchev–Trinajstić information content (AvgIpc) is 2.93. The number of carbonyl (C=O) groups is 2. The molecule has 40 heavy (non-hydrogen) atoms. The largest absolute Gasteiger partial charge is 0.485 e. The summed E-state index contributed by atoms with van der Waals surface area (Å²) in [4.78, 5) is 34.1. The molecule has 0 saturated carbocycles. The lowest BCUT2D eigenvalue weighted by Gasteiger charge is -2.42. The smallest absolute Gasteiger partial charge is 0.303 e. The number of hydrogen-bond donors (Lipinski definition) is 3. The molecule has 0 spiro atoms. The number of aryl methyl sites for hydroxylation is 1. The zero-order chi connectivity index (χ0) is 28.4. The maximum absolute atomic E-state index is 13.4.